The Kier molecular flexibility index (Phi) is 8.82. The number of carboxylic acid groups (broad SMARTS) is 1. The molecule has 36 heavy (non-hydrogen) atoms. The first-order valence-corrected chi connectivity index (χ1v) is 11.4. The number of hydrogen-bond acceptors (Lipinski definition) is 5. The number of carbonyl (C=O) groups is 2. The van der Waals surface area contributed by atoms with Crippen LogP contribution in [0.1, 0.15) is 35.2 Å². The van der Waals surface area contributed by atoms with Crippen LogP contribution >= 0.6 is 0 Å². The summed E-state index contributed by atoms with van der Waals surface area (Å²) in [5, 5.41) is 12.1. The van der Waals surface area contributed by atoms with Gasteiger partial charge in [0.1, 0.15) is 34.7 Å². The molecular formula is C27H29F2NO6. The molecule has 192 valence electrons. The van der Waals surface area contributed by atoms with Gasteiger partial charge >= 0.3 is 5.97 Å². The summed E-state index contributed by atoms with van der Waals surface area (Å²) in [5.41, 5.74) is -0.926. The normalized spacial score (nSPS) is 19.5. The smallest absolute Gasteiger partial charge is 0.326 e. The minimum absolute atomic E-state index is 0.104. The fourth-order valence-electron chi connectivity index (χ4n) is 4.22. The van der Waals surface area contributed by atoms with E-state index in [0.717, 1.165) is 23.8 Å². The number of ether oxygens (including phenoxy) is 3. The van der Waals surface area contributed by atoms with Crippen LogP contribution in [0.3, 0.4) is 0 Å². The first-order chi connectivity index (χ1) is 17.2. The van der Waals surface area contributed by atoms with E-state index in [0.29, 0.717) is 18.1 Å². The van der Waals surface area contributed by atoms with Crippen molar-refractivity contribution in [3.8, 4) is 11.5 Å². The van der Waals surface area contributed by atoms with Crippen LogP contribution in [-0.2, 0) is 9.53 Å². The van der Waals surface area contributed by atoms with E-state index < -0.39 is 40.5 Å². The second-order valence-electron chi connectivity index (χ2n) is 8.36. The number of amides is 1. The number of hydrogen-bond donors (Lipinski definition) is 2. The van der Waals surface area contributed by atoms with Gasteiger partial charge in [0, 0.05) is 23.5 Å². The number of benzene rings is 2. The Bertz CT molecular complexity index is 1110. The van der Waals surface area contributed by atoms with Crippen LogP contribution < -0.4 is 14.8 Å². The highest BCUT2D eigenvalue weighted by Crippen LogP contribution is 2.42. The largest absolute Gasteiger partial charge is 0.496 e. The molecule has 7 nitrogen and oxygen atoms in total. The number of allylic oxidation sites excluding steroid dienone is 2. The molecule has 2 aromatic carbocycles. The van der Waals surface area contributed by atoms with Crippen molar-refractivity contribution in [3.63, 3.8) is 0 Å². The van der Waals surface area contributed by atoms with E-state index in [1.165, 1.54) is 0 Å². The predicted octanol–water partition coefficient (Wildman–Crippen LogP) is 4.49. The quantitative estimate of drug-likeness (QED) is 0.441. The molecule has 1 amide bonds. The van der Waals surface area contributed by atoms with Crippen molar-refractivity contribution >= 4 is 11.9 Å². The van der Waals surface area contributed by atoms with Crippen molar-refractivity contribution in [1.82, 2.24) is 5.32 Å². The molecule has 1 aliphatic rings. The molecule has 0 radical (unpaired) electrons. The molecular weight excluding hydrogens is 472 g/mol. The van der Waals surface area contributed by atoms with Gasteiger partial charge in [-0.1, -0.05) is 36.4 Å². The Morgan fingerprint density at radius 1 is 1.03 bits per heavy atom. The van der Waals surface area contributed by atoms with Gasteiger partial charge in [-0.05, 0) is 37.6 Å². The molecule has 2 aromatic rings. The first-order valence-electron chi connectivity index (χ1n) is 11.4. The van der Waals surface area contributed by atoms with Crippen LogP contribution in [0, 0.1) is 17.0 Å². The summed E-state index contributed by atoms with van der Waals surface area (Å²) in [6.45, 7) is 2.33. The summed E-state index contributed by atoms with van der Waals surface area (Å²) in [7, 11) is 3.12. The zero-order valence-electron chi connectivity index (χ0n) is 20.3. The lowest BCUT2D eigenvalue weighted by Crippen LogP contribution is -2.45. The fraction of sp³-hybridized carbons (Fsp3) is 0.333. The molecule has 1 aliphatic carbocycles. The van der Waals surface area contributed by atoms with E-state index in [9.17, 15) is 23.5 Å². The van der Waals surface area contributed by atoms with Crippen molar-refractivity contribution in [1.29, 1.82) is 0 Å². The summed E-state index contributed by atoms with van der Waals surface area (Å²) >= 11 is 0. The molecule has 0 fully saturated rings. The molecule has 0 bridgehead atoms. The first kappa shape index (κ1) is 26.9. The SMILES string of the molecule is CCOCC1(C[C@H](NC(=O)c2c(F)cccc2F)C(=O)O)C=CC(c2c(OC)cccc2OC)C=C1. The Balaban J connectivity index is 1.89. The molecule has 2 N–H and O–H groups in total. The number of methoxy groups -OCH3 is 2. The molecule has 3 rings (SSSR count). The van der Waals surface area contributed by atoms with Gasteiger partial charge in [-0.25, -0.2) is 13.6 Å². The van der Waals surface area contributed by atoms with Crippen molar-refractivity contribution in [2.75, 3.05) is 27.4 Å². The number of nitrogens with one attached hydrogen (secondary N) is 1. The highest BCUT2D eigenvalue weighted by molar-refractivity contribution is 5.97. The molecule has 0 saturated carbocycles. The molecule has 1 atom stereocenters. The molecule has 0 heterocycles. The van der Waals surface area contributed by atoms with Crippen LogP contribution in [0.15, 0.2) is 60.7 Å². The standard InChI is InChI=1S/C27H29F2NO6/c1-4-36-16-27(13-11-17(12-14-27)23-21(34-2)9-6-10-22(23)35-3)15-20(26(32)33)30-25(31)24-18(28)7-5-8-19(24)29/h5-14,17,20H,4,15-16H2,1-3H3,(H,30,31)(H,32,33)/t17?,20-,27?/m0/s1. The third-order valence-electron chi connectivity index (χ3n) is 6.02. The van der Waals surface area contributed by atoms with E-state index in [1.807, 2.05) is 49.4 Å². The Hall–Kier alpha value is -3.72. The minimum Gasteiger partial charge on any atom is -0.496 e. The maximum atomic E-state index is 14.1. The molecule has 0 aliphatic heterocycles. The maximum absolute atomic E-state index is 14.1. The molecule has 0 unspecified atom stereocenters. The van der Waals surface area contributed by atoms with Gasteiger partial charge in [0.25, 0.3) is 5.91 Å². The fourth-order valence-corrected chi connectivity index (χ4v) is 4.22. The van der Waals surface area contributed by atoms with Crippen LogP contribution in [0.4, 0.5) is 8.78 Å². The summed E-state index contributed by atoms with van der Waals surface area (Å²) in [5.74, 6) is -3.60. The Labute approximate surface area is 208 Å². The van der Waals surface area contributed by atoms with Crippen LogP contribution in [-0.4, -0.2) is 50.5 Å². The highest BCUT2D eigenvalue weighted by Gasteiger charge is 2.36. The maximum Gasteiger partial charge on any atom is 0.326 e. The predicted molar refractivity (Wildman–Crippen MR) is 129 cm³/mol. The molecule has 0 spiro atoms. The van der Waals surface area contributed by atoms with Crippen molar-refractivity contribution < 1.29 is 37.7 Å². The summed E-state index contributed by atoms with van der Waals surface area (Å²) in [6.07, 6.45) is 7.32. The van der Waals surface area contributed by atoms with Gasteiger partial charge in [0.15, 0.2) is 0 Å². The zero-order chi connectivity index (χ0) is 26.3. The van der Waals surface area contributed by atoms with Gasteiger partial charge in [-0.2, -0.15) is 0 Å². The van der Waals surface area contributed by atoms with E-state index in [4.69, 9.17) is 14.2 Å². The highest BCUT2D eigenvalue weighted by atomic mass is 19.1. The van der Waals surface area contributed by atoms with Gasteiger partial charge in [-0.3, -0.25) is 4.79 Å². The summed E-state index contributed by atoms with van der Waals surface area (Å²) in [4.78, 5) is 24.6. The second kappa shape index (κ2) is 11.8. The lowest BCUT2D eigenvalue weighted by atomic mass is 9.76. The Morgan fingerprint density at radius 2 is 1.58 bits per heavy atom. The van der Waals surface area contributed by atoms with E-state index in [1.54, 1.807) is 14.2 Å². The Morgan fingerprint density at radius 3 is 2.08 bits per heavy atom. The average Bonchev–Trinajstić information content (AvgIpc) is 2.87. The van der Waals surface area contributed by atoms with E-state index in [2.05, 4.69) is 5.32 Å². The summed E-state index contributed by atoms with van der Waals surface area (Å²) in [6, 6.07) is 7.00. The lowest BCUT2D eigenvalue weighted by molar-refractivity contribution is -0.140. The number of halogens is 2. The van der Waals surface area contributed by atoms with Crippen molar-refractivity contribution in [2.45, 2.75) is 25.3 Å². The molecule has 0 aromatic heterocycles. The van der Waals surface area contributed by atoms with Gasteiger partial charge in [0.05, 0.1) is 20.8 Å². The summed E-state index contributed by atoms with van der Waals surface area (Å²) < 4.78 is 44.8. The third-order valence-corrected chi connectivity index (χ3v) is 6.02. The topological polar surface area (TPSA) is 94.1 Å². The van der Waals surface area contributed by atoms with Crippen molar-refractivity contribution in [2.24, 2.45) is 5.41 Å². The van der Waals surface area contributed by atoms with Crippen LogP contribution in [0.5, 0.6) is 11.5 Å². The number of rotatable bonds is 11. The third kappa shape index (κ3) is 5.91. The van der Waals surface area contributed by atoms with Gasteiger partial charge < -0.3 is 24.6 Å². The van der Waals surface area contributed by atoms with E-state index >= 15 is 0 Å². The van der Waals surface area contributed by atoms with E-state index in [-0.39, 0.29) is 18.9 Å². The molecule has 0 saturated heterocycles. The van der Waals surface area contributed by atoms with Crippen LogP contribution in [0.25, 0.3) is 0 Å². The van der Waals surface area contributed by atoms with Crippen molar-refractivity contribution in [3.05, 3.63) is 83.5 Å². The zero-order valence-corrected chi connectivity index (χ0v) is 20.3. The monoisotopic (exact) mass is 501 g/mol. The molecule has 9 heteroatoms. The van der Waals surface area contributed by atoms with Gasteiger partial charge in [-0.15, -0.1) is 0 Å². The number of carboxylic acids is 1. The number of carbonyl (C=O) groups excluding carboxylic acids is 1. The minimum atomic E-state index is -1.44. The van der Waals surface area contributed by atoms with Crippen LogP contribution in [0.2, 0.25) is 0 Å². The number of aliphatic carboxylic acids is 1. The van der Waals surface area contributed by atoms with Gasteiger partial charge in [0.2, 0.25) is 0 Å². The lowest BCUT2D eigenvalue weighted by Gasteiger charge is -2.33. The average molecular weight is 502 g/mol. The second-order valence-corrected chi connectivity index (χ2v) is 8.36.